The van der Waals surface area contributed by atoms with E-state index in [9.17, 15) is 9.59 Å². The topological polar surface area (TPSA) is 75.4 Å². The molecular formula is C17H21N3O3S. The molecule has 2 aromatic rings. The van der Waals surface area contributed by atoms with Gasteiger partial charge in [-0.15, -0.1) is 11.8 Å². The number of nitrogens with one attached hydrogen (secondary N) is 1. The van der Waals surface area contributed by atoms with Crippen LogP contribution in [0, 0.1) is 6.92 Å². The first-order valence-electron chi connectivity index (χ1n) is 7.61. The van der Waals surface area contributed by atoms with E-state index in [-0.39, 0.29) is 18.4 Å². The van der Waals surface area contributed by atoms with Crippen LogP contribution in [-0.4, -0.2) is 41.7 Å². The highest BCUT2D eigenvalue weighted by molar-refractivity contribution is 7.98. The molecule has 0 saturated carbocycles. The highest BCUT2D eigenvalue weighted by atomic mass is 32.2. The Bertz CT molecular complexity index is 742. The highest BCUT2D eigenvalue weighted by Gasteiger charge is 2.23. The van der Waals surface area contributed by atoms with E-state index in [4.69, 9.17) is 4.52 Å². The van der Waals surface area contributed by atoms with E-state index in [2.05, 4.69) is 10.5 Å². The van der Waals surface area contributed by atoms with Gasteiger partial charge in [-0.05, 0) is 25.3 Å². The molecule has 2 rings (SSSR count). The molecule has 0 bridgehead atoms. The number of carbonyl (C=O) groups excluding carboxylic acids is 2. The number of amides is 2. The molecule has 0 aliphatic carbocycles. The van der Waals surface area contributed by atoms with Gasteiger partial charge >= 0.3 is 0 Å². The van der Waals surface area contributed by atoms with Gasteiger partial charge in [-0.2, -0.15) is 0 Å². The monoisotopic (exact) mass is 347 g/mol. The van der Waals surface area contributed by atoms with Crippen LogP contribution < -0.4 is 5.32 Å². The Morgan fingerprint density at radius 3 is 2.71 bits per heavy atom. The number of nitrogens with zero attached hydrogens (tertiary/aromatic N) is 2. The van der Waals surface area contributed by atoms with E-state index in [0.717, 1.165) is 10.6 Å². The van der Waals surface area contributed by atoms with E-state index < -0.39 is 0 Å². The average Bonchev–Trinajstić information content (AvgIpc) is 2.95. The summed E-state index contributed by atoms with van der Waals surface area (Å²) in [4.78, 5) is 27.2. The largest absolute Gasteiger partial charge is 0.360 e. The number of rotatable bonds is 6. The van der Waals surface area contributed by atoms with Gasteiger partial charge in [0.25, 0.3) is 5.91 Å². The molecule has 6 nitrogen and oxygen atoms in total. The lowest BCUT2D eigenvalue weighted by Crippen LogP contribution is -2.35. The van der Waals surface area contributed by atoms with Gasteiger partial charge < -0.3 is 14.7 Å². The minimum Gasteiger partial charge on any atom is -0.360 e. The summed E-state index contributed by atoms with van der Waals surface area (Å²) in [5.74, 6) is 0.0240. The van der Waals surface area contributed by atoms with Gasteiger partial charge in [0.05, 0.1) is 17.9 Å². The van der Waals surface area contributed by atoms with Crippen molar-refractivity contribution >= 4 is 29.3 Å². The Labute approximate surface area is 145 Å². The number of para-hydroxylation sites is 1. The van der Waals surface area contributed by atoms with Gasteiger partial charge in [0, 0.05) is 18.4 Å². The first kappa shape index (κ1) is 18.1. The number of hydrogen-bond acceptors (Lipinski definition) is 5. The second kappa shape index (κ2) is 8.01. The predicted octanol–water partition coefficient (Wildman–Crippen LogP) is 2.98. The Hall–Kier alpha value is -2.28. The maximum Gasteiger partial charge on any atom is 0.259 e. The summed E-state index contributed by atoms with van der Waals surface area (Å²) in [5.41, 5.74) is 1.72. The summed E-state index contributed by atoms with van der Waals surface area (Å²) in [6.45, 7) is 3.57. The minimum atomic E-state index is -0.265. The molecule has 0 aliphatic heterocycles. The number of thioether (sulfide) groups is 1. The van der Waals surface area contributed by atoms with Gasteiger partial charge in [0.2, 0.25) is 5.91 Å². The number of hydrogen-bond donors (Lipinski definition) is 1. The second-order valence-electron chi connectivity index (χ2n) is 5.33. The Balaban J connectivity index is 2.06. The molecule has 0 fully saturated rings. The summed E-state index contributed by atoms with van der Waals surface area (Å²) in [6.07, 6.45) is 2.52. The molecule has 0 saturated heterocycles. The lowest BCUT2D eigenvalue weighted by atomic mass is 10.1. The lowest BCUT2D eigenvalue weighted by Gasteiger charge is -2.17. The van der Waals surface area contributed by atoms with Crippen molar-refractivity contribution in [1.82, 2.24) is 10.1 Å². The molecule has 0 spiro atoms. The number of anilines is 1. The second-order valence-corrected chi connectivity index (χ2v) is 6.18. The van der Waals surface area contributed by atoms with Crippen LogP contribution in [0.4, 0.5) is 5.69 Å². The van der Waals surface area contributed by atoms with Gasteiger partial charge in [-0.25, -0.2) is 0 Å². The third-order valence-electron chi connectivity index (χ3n) is 3.58. The third-order valence-corrected chi connectivity index (χ3v) is 4.37. The third kappa shape index (κ3) is 3.97. The van der Waals surface area contributed by atoms with Crippen LogP contribution in [0.15, 0.2) is 33.7 Å². The summed E-state index contributed by atoms with van der Waals surface area (Å²) in [6, 6.07) is 7.55. The molecule has 2 amide bonds. The zero-order valence-corrected chi connectivity index (χ0v) is 15.1. The summed E-state index contributed by atoms with van der Waals surface area (Å²) < 4.78 is 5.15. The van der Waals surface area contributed by atoms with Crippen LogP contribution in [0.1, 0.15) is 28.7 Å². The maximum absolute atomic E-state index is 12.6. The van der Waals surface area contributed by atoms with Crippen molar-refractivity contribution in [1.29, 1.82) is 0 Å². The normalized spacial score (nSPS) is 10.5. The zero-order chi connectivity index (χ0) is 17.7. The van der Waals surface area contributed by atoms with Crippen molar-refractivity contribution in [3.8, 4) is 0 Å². The summed E-state index contributed by atoms with van der Waals surface area (Å²) in [5, 5.41) is 6.68. The van der Waals surface area contributed by atoms with Crippen LogP contribution in [0.3, 0.4) is 0 Å². The Kier molecular flexibility index (Phi) is 6.03. The standard InChI is InChI=1S/C17H21N3O3S/c1-5-13-16(11(2)19-23-13)17(22)20(3)10-15(21)18-12-8-6-7-9-14(12)24-4/h6-9H,5,10H2,1-4H3,(H,18,21). The van der Waals surface area contributed by atoms with Crippen molar-refractivity contribution in [2.24, 2.45) is 0 Å². The van der Waals surface area contributed by atoms with Gasteiger partial charge in [-0.3, -0.25) is 9.59 Å². The van der Waals surface area contributed by atoms with Crippen molar-refractivity contribution in [3.63, 3.8) is 0 Å². The van der Waals surface area contributed by atoms with E-state index in [1.807, 2.05) is 37.4 Å². The lowest BCUT2D eigenvalue weighted by molar-refractivity contribution is -0.116. The number of carbonyl (C=O) groups is 2. The molecule has 7 heteroatoms. The number of likely N-dealkylation sites (N-methyl/N-ethyl adjacent to an activating group) is 1. The van der Waals surface area contributed by atoms with E-state index in [1.165, 1.54) is 4.90 Å². The average molecular weight is 347 g/mol. The first-order valence-corrected chi connectivity index (χ1v) is 8.83. The quantitative estimate of drug-likeness (QED) is 0.813. The molecular weight excluding hydrogens is 326 g/mol. The molecule has 1 heterocycles. The molecule has 0 radical (unpaired) electrons. The minimum absolute atomic E-state index is 0.0463. The van der Waals surface area contributed by atoms with Crippen molar-refractivity contribution in [2.75, 3.05) is 25.2 Å². The predicted molar refractivity (Wildman–Crippen MR) is 94.4 cm³/mol. The van der Waals surface area contributed by atoms with Crippen molar-refractivity contribution in [3.05, 3.63) is 41.3 Å². The smallest absolute Gasteiger partial charge is 0.259 e. The Morgan fingerprint density at radius 2 is 2.04 bits per heavy atom. The maximum atomic E-state index is 12.6. The van der Waals surface area contributed by atoms with Crippen molar-refractivity contribution < 1.29 is 14.1 Å². The van der Waals surface area contributed by atoms with E-state index in [1.54, 1.807) is 25.7 Å². The van der Waals surface area contributed by atoms with E-state index in [0.29, 0.717) is 23.4 Å². The fourth-order valence-electron chi connectivity index (χ4n) is 2.35. The van der Waals surface area contributed by atoms with Gasteiger partial charge in [0.1, 0.15) is 11.3 Å². The molecule has 0 unspecified atom stereocenters. The van der Waals surface area contributed by atoms with Crippen LogP contribution in [0.2, 0.25) is 0 Å². The molecule has 24 heavy (non-hydrogen) atoms. The molecule has 1 N–H and O–H groups in total. The van der Waals surface area contributed by atoms with Crippen LogP contribution in [0.5, 0.6) is 0 Å². The summed E-state index contributed by atoms with van der Waals surface area (Å²) in [7, 11) is 1.59. The molecule has 0 aliphatic rings. The molecule has 0 atom stereocenters. The first-order chi connectivity index (χ1) is 11.5. The van der Waals surface area contributed by atoms with Crippen molar-refractivity contribution in [2.45, 2.75) is 25.2 Å². The van der Waals surface area contributed by atoms with Crippen LogP contribution >= 0.6 is 11.8 Å². The molecule has 1 aromatic carbocycles. The highest BCUT2D eigenvalue weighted by Crippen LogP contribution is 2.24. The molecule has 1 aromatic heterocycles. The van der Waals surface area contributed by atoms with Crippen LogP contribution in [0.25, 0.3) is 0 Å². The fourth-order valence-corrected chi connectivity index (χ4v) is 2.90. The number of aromatic nitrogens is 1. The van der Waals surface area contributed by atoms with Crippen LogP contribution in [-0.2, 0) is 11.2 Å². The fraction of sp³-hybridized carbons (Fsp3) is 0.353. The molecule has 128 valence electrons. The Morgan fingerprint density at radius 1 is 1.33 bits per heavy atom. The number of aryl methyl sites for hydroxylation is 2. The van der Waals surface area contributed by atoms with E-state index >= 15 is 0 Å². The summed E-state index contributed by atoms with van der Waals surface area (Å²) >= 11 is 1.55. The SMILES string of the molecule is CCc1onc(C)c1C(=O)N(C)CC(=O)Nc1ccccc1SC. The van der Waals surface area contributed by atoms with Gasteiger partial charge in [-0.1, -0.05) is 24.2 Å². The number of benzene rings is 1. The van der Waals surface area contributed by atoms with Gasteiger partial charge in [0.15, 0.2) is 0 Å². The zero-order valence-electron chi connectivity index (χ0n) is 14.3.